The molecule has 2 aliphatic rings. The summed E-state index contributed by atoms with van der Waals surface area (Å²) in [7, 11) is -2.87. The van der Waals surface area contributed by atoms with Crippen molar-refractivity contribution in [1.82, 2.24) is 0 Å². The van der Waals surface area contributed by atoms with Crippen molar-refractivity contribution >= 4 is 15.5 Å². The van der Waals surface area contributed by atoms with E-state index in [0.29, 0.717) is 6.42 Å². The molecule has 3 rings (SSSR count). The third-order valence-electron chi connectivity index (χ3n) is 3.31. The smallest absolute Gasteiger partial charge is 0.154 e. The SMILES string of the molecule is O=S1(=O)CCC(Oc2cccc3c2CCN3)C1. The highest BCUT2D eigenvalue weighted by Crippen LogP contribution is 2.32. The van der Waals surface area contributed by atoms with Crippen molar-refractivity contribution in [3.8, 4) is 5.75 Å². The zero-order valence-electron chi connectivity index (χ0n) is 9.48. The van der Waals surface area contributed by atoms with Crippen molar-refractivity contribution in [3.05, 3.63) is 23.8 Å². The van der Waals surface area contributed by atoms with Gasteiger partial charge in [-0.2, -0.15) is 0 Å². The Bertz CT molecular complexity index is 539. The number of sulfone groups is 1. The van der Waals surface area contributed by atoms with Gasteiger partial charge in [0.1, 0.15) is 11.9 Å². The van der Waals surface area contributed by atoms with Crippen LogP contribution in [0, 0.1) is 0 Å². The summed E-state index contributed by atoms with van der Waals surface area (Å²) in [6.45, 7) is 0.929. The number of nitrogens with one attached hydrogen (secondary N) is 1. The van der Waals surface area contributed by atoms with Crippen LogP contribution in [0.4, 0.5) is 5.69 Å². The minimum absolute atomic E-state index is 0.157. The lowest BCUT2D eigenvalue weighted by Crippen LogP contribution is -2.18. The molecule has 0 aromatic heterocycles. The molecule has 1 atom stereocenters. The lowest BCUT2D eigenvalue weighted by atomic mass is 10.1. The fourth-order valence-corrected chi connectivity index (χ4v) is 4.04. The summed E-state index contributed by atoms with van der Waals surface area (Å²) in [6.07, 6.45) is 1.39. The molecule has 0 bridgehead atoms. The van der Waals surface area contributed by atoms with Crippen LogP contribution in [0.5, 0.6) is 5.75 Å². The highest BCUT2D eigenvalue weighted by Gasteiger charge is 2.30. The molecular formula is C12H15NO3S. The number of rotatable bonds is 2. The van der Waals surface area contributed by atoms with E-state index in [0.717, 1.165) is 24.4 Å². The summed E-state index contributed by atoms with van der Waals surface area (Å²) in [4.78, 5) is 0. The number of anilines is 1. The van der Waals surface area contributed by atoms with E-state index in [9.17, 15) is 8.42 Å². The molecule has 1 aromatic carbocycles. The summed E-state index contributed by atoms with van der Waals surface area (Å²) in [5, 5.41) is 3.28. The van der Waals surface area contributed by atoms with Crippen molar-refractivity contribution in [1.29, 1.82) is 0 Å². The van der Waals surface area contributed by atoms with E-state index in [-0.39, 0.29) is 17.6 Å². The maximum atomic E-state index is 11.4. The van der Waals surface area contributed by atoms with Gasteiger partial charge in [-0.05, 0) is 25.0 Å². The van der Waals surface area contributed by atoms with Crippen LogP contribution in [0.1, 0.15) is 12.0 Å². The van der Waals surface area contributed by atoms with Gasteiger partial charge in [0.2, 0.25) is 0 Å². The maximum absolute atomic E-state index is 11.4. The van der Waals surface area contributed by atoms with Crippen molar-refractivity contribution in [2.45, 2.75) is 18.9 Å². The van der Waals surface area contributed by atoms with Crippen LogP contribution in [-0.2, 0) is 16.3 Å². The Morgan fingerprint density at radius 3 is 3.00 bits per heavy atom. The van der Waals surface area contributed by atoms with Crippen molar-refractivity contribution in [2.75, 3.05) is 23.4 Å². The zero-order chi connectivity index (χ0) is 11.9. The van der Waals surface area contributed by atoms with Gasteiger partial charge < -0.3 is 10.1 Å². The molecule has 1 aromatic rings. The van der Waals surface area contributed by atoms with Gasteiger partial charge in [0.05, 0.1) is 11.5 Å². The molecule has 4 nitrogen and oxygen atoms in total. The Labute approximate surface area is 101 Å². The molecule has 0 radical (unpaired) electrons. The van der Waals surface area contributed by atoms with Gasteiger partial charge in [-0.15, -0.1) is 0 Å². The van der Waals surface area contributed by atoms with Crippen LogP contribution in [0.15, 0.2) is 18.2 Å². The Morgan fingerprint density at radius 1 is 1.35 bits per heavy atom. The van der Waals surface area contributed by atoms with Gasteiger partial charge in [-0.25, -0.2) is 8.42 Å². The fraction of sp³-hybridized carbons (Fsp3) is 0.500. The number of hydrogen-bond acceptors (Lipinski definition) is 4. The van der Waals surface area contributed by atoms with E-state index in [1.54, 1.807) is 0 Å². The first-order valence-electron chi connectivity index (χ1n) is 5.87. The molecule has 92 valence electrons. The molecule has 1 unspecified atom stereocenters. The molecule has 1 fully saturated rings. The van der Waals surface area contributed by atoms with Crippen LogP contribution >= 0.6 is 0 Å². The Balaban J connectivity index is 1.80. The zero-order valence-corrected chi connectivity index (χ0v) is 10.3. The molecule has 2 aliphatic heterocycles. The van der Waals surface area contributed by atoms with Crippen LogP contribution in [0.2, 0.25) is 0 Å². The summed E-state index contributed by atoms with van der Waals surface area (Å²) < 4.78 is 28.6. The first-order chi connectivity index (χ1) is 8.14. The van der Waals surface area contributed by atoms with Gasteiger partial charge in [0, 0.05) is 17.8 Å². The Hall–Kier alpha value is -1.23. The van der Waals surface area contributed by atoms with E-state index in [4.69, 9.17) is 4.74 Å². The quantitative estimate of drug-likeness (QED) is 0.861. The molecule has 1 saturated heterocycles. The van der Waals surface area contributed by atoms with Gasteiger partial charge in [-0.3, -0.25) is 0 Å². The van der Waals surface area contributed by atoms with E-state index in [1.807, 2.05) is 18.2 Å². The second-order valence-electron chi connectivity index (χ2n) is 4.60. The summed E-state index contributed by atoms with van der Waals surface area (Å²) in [6, 6.07) is 5.90. The van der Waals surface area contributed by atoms with Gasteiger partial charge in [0.25, 0.3) is 0 Å². The predicted octanol–water partition coefficient (Wildman–Crippen LogP) is 1.22. The third kappa shape index (κ3) is 2.11. The second kappa shape index (κ2) is 3.91. The minimum atomic E-state index is -2.87. The highest BCUT2D eigenvalue weighted by atomic mass is 32.2. The topological polar surface area (TPSA) is 55.4 Å². The Kier molecular flexibility index (Phi) is 2.50. The van der Waals surface area contributed by atoms with Crippen LogP contribution in [-0.4, -0.2) is 32.6 Å². The predicted molar refractivity (Wildman–Crippen MR) is 66.3 cm³/mol. The summed E-state index contributed by atoms with van der Waals surface area (Å²) in [5.41, 5.74) is 2.29. The average molecular weight is 253 g/mol. The average Bonchev–Trinajstić information content (AvgIpc) is 2.85. The molecule has 0 spiro atoms. The lowest BCUT2D eigenvalue weighted by Gasteiger charge is -2.14. The molecule has 0 aliphatic carbocycles. The van der Waals surface area contributed by atoms with Crippen LogP contribution < -0.4 is 10.1 Å². The highest BCUT2D eigenvalue weighted by molar-refractivity contribution is 7.91. The normalized spacial score (nSPS) is 25.3. The van der Waals surface area contributed by atoms with Crippen molar-refractivity contribution in [3.63, 3.8) is 0 Å². The third-order valence-corrected chi connectivity index (χ3v) is 5.05. The molecular weight excluding hydrogens is 238 g/mol. The molecule has 17 heavy (non-hydrogen) atoms. The van der Waals surface area contributed by atoms with Gasteiger partial charge in [0.15, 0.2) is 9.84 Å². The standard InChI is InChI=1S/C12H15NO3S/c14-17(15)7-5-9(8-17)16-12-3-1-2-11-10(12)4-6-13-11/h1-3,9,13H,4-8H2. The number of ether oxygens (including phenoxy) is 1. The molecule has 0 saturated carbocycles. The molecule has 1 N–H and O–H groups in total. The monoisotopic (exact) mass is 253 g/mol. The second-order valence-corrected chi connectivity index (χ2v) is 6.83. The van der Waals surface area contributed by atoms with Crippen molar-refractivity contribution in [2.24, 2.45) is 0 Å². The summed E-state index contributed by atoms with van der Waals surface area (Å²) in [5.74, 6) is 1.25. The summed E-state index contributed by atoms with van der Waals surface area (Å²) >= 11 is 0. The molecule has 5 heteroatoms. The van der Waals surface area contributed by atoms with Gasteiger partial charge in [-0.1, -0.05) is 6.07 Å². The lowest BCUT2D eigenvalue weighted by molar-refractivity contribution is 0.227. The van der Waals surface area contributed by atoms with Crippen LogP contribution in [0.25, 0.3) is 0 Å². The first-order valence-corrected chi connectivity index (χ1v) is 7.69. The molecule has 0 amide bonds. The Morgan fingerprint density at radius 2 is 2.24 bits per heavy atom. The maximum Gasteiger partial charge on any atom is 0.154 e. The number of fused-ring (bicyclic) bond motifs is 1. The van der Waals surface area contributed by atoms with E-state index >= 15 is 0 Å². The van der Waals surface area contributed by atoms with Crippen LogP contribution in [0.3, 0.4) is 0 Å². The van der Waals surface area contributed by atoms with E-state index in [2.05, 4.69) is 5.32 Å². The number of hydrogen-bond donors (Lipinski definition) is 1. The van der Waals surface area contributed by atoms with E-state index < -0.39 is 9.84 Å². The molecule has 2 heterocycles. The van der Waals surface area contributed by atoms with Gasteiger partial charge >= 0.3 is 0 Å². The minimum Gasteiger partial charge on any atom is -0.489 e. The largest absolute Gasteiger partial charge is 0.489 e. The number of benzene rings is 1. The van der Waals surface area contributed by atoms with E-state index in [1.165, 1.54) is 5.56 Å². The fourth-order valence-electron chi connectivity index (χ4n) is 2.46. The first kappa shape index (κ1) is 10.9. The van der Waals surface area contributed by atoms with Crippen molar-refractivity contribution < 1.29 is 13.2 Å².